The Kier molecular flexibility index (Phi) is 4.83. The van der Waals surface area contributed by atoms with E-state index in [4.69, 9.17) is 10.9 Å². The summed E-state index contributed by atoms with van der Waals surface area (Å²) in [5.74, 6) is 5.27. The molecule has 0 bridgehead atoms. The van der Waals surface area contributed by atoms with Crippen LogP contribution < -0.4 is 11.3 Å². The van der Waals surface area contributed by atoms with Crippen molar-refractivity contribution in [2.75, 3.05) is 25.6 Å². The van der Waals surface area contributed by atoms with E-state index in [1.54, 1.807) is 0 Å². The first-order valence-electron chi connectivity index (χ1n) is 4.63. The molecule has 7 nitrogen and oxygen atoms in total. The Morgan fingerprint density at radius 1 is 1.65 bits per heavy atom. The highest BCUT2D eigenvalue weighted by molar-refractivity contribution is 9.10. The van der Waals surface area contributed by atoms with E-state index in [-0.39, 0.29) is 23.9 Å². The molecule has 4 N–H and O–H groups in total. The summed E-state index contributed by atoms with van der Waals surface area (Å²) in [6.45, 7) is -0.262. The lowest BCUT2D eigenvalue weighted by molar-refractivity contribution is 0.266. The third-order valence-corrected chi connectivity index (χ3v) is 4.36. The molecule has 0 aromatic carbocycles. The van der Waals surface area contributed by atoms with E-state index in [1.165, 1.54) is 19.3 Å². The van der Waals surface area contributed by atoms with Gasteiger partial charge in [-0.2, -0.15) is 4.31 Å². The minimum atomic E-state index is -3.73. The maximum absolute atomic E-state index is 12.1. The van der Waals surface area contributed by atoms with Crippen molar-refractivity contribution in [1.29, 1.82) is 0 Å². The zero-order chi connectivity index (χ0) is 13.1. The van der Waals surface area contributed by atoms with Gasteiger partial charge in [0.2, 0.25) is 10.0 Å². The van der Waals surface area contributed by atoms with Crippen LogP contribution >= 0.6 is 15.9 Å². The number of rotatable bonds is 5. The summed E-state index contributed by atoms with van der Waals surface area (Å²) < 4.78 is 25.8. The zero-order valence-electron chi connectivity index (χ0n) is 9.09. The second-order valence-electron chi connectivity index (χ2n) is 3.19. The van der Waals surface area contributed by atoms with Gasteiger partial charge in [-0.1, -0.05) is 0 Å². The number of halogens is 1. The monoisotopic (exact) mass is 324 g/mol. The summed E-state index contributed by atoms with van der Waals surface area (Å²) in [6, 6.07) is 1.39. The molecular weight excluding hydrogens is 312 g/mol. The van der Waals surface area contributed by atoms with Crippen LogP contribution in [0, 0.1) is 0 Å². The lowest BCUT2D eigenvalue weighted by Crippen LogP contribution is -2.30. The first kappa shape index (κ1) is 14.3. The first-order valence-corrected chi connectivity index (χ1v) is 6.86. The number of hydrazine groups is 1. The SMILES string of the molecule is CN(CCO)S(=O)(=O)c1cc(Br)cnc1NN. The predicted octanol–water partition coefficient (Wildman–Crippen LogP) is -0.258. The van der Waals surface area contributed by atoms with E-state index in [0.717, 1.165) is 4.31 Å². The lowest BCUT2D eigenvalue weighted by atomic mass is 10.5. The number of nitrogens with one attached hydrogen (secondary N) is 1. The molecule has 1 heterocycles. The van der Waals surface area contributed by atoms with E-state index in [1.807, 2.05) is 0 Å². The molecule has 17 heavy (non-hydrogen) atoms. The number of anilines is 1. The molecule has 0 aliphatic heterocycles. The van der Waals surface area contributed by atoms with Crippen molar-refractivity contribution in [3.05, 3.63) is 16.7 Å². The van der Waals surface area contributed by atoms with Crippen molar-refractivity contribution < 1.29 is 13.5 Å². The molecule has 0 spiro atoms. The molecule has 0 atom stereocenters. The number of nitrogen functional groups attached to an aromatic ring is 1. The molecule has 9 heteroatoms. The standard InChI is InChI=1S/C8H13BrN4O3S/c1-13(2-3-14)17(15,16)7-4-6(9)5-11-8(7)12-10/h4-5,14H,2-3,10H2,1H3,(H,11,12). The van der Waals surface area contributed by atoms with Crippen LogP contribution in [0.15, 0.2) is 21.6 Å². The Morgan fingerprint density at radius 3 is 2.82 bits per heavy atom. The third kappa shape index (κ3) is 3.13. The number of aliphatic hydroxyl groups is 1. The van der Waals surface area contributed by atoms with Crippen molar-refractivity contribution >= 4 is 31.8 Å². The van der Waals surface area contributed by atoms with Gasteiger partial charge in [0, 0.05) is 24.3 Å². The second kappa shape index (κ2) is 5.74. The van der Waals surface area contributed by atoms with Crippen LogP contribution in [0.5, 0.6) is 0 Å². The number of nitrogens with zero attached hydrogens (tertiary/aromatic N) is 2. The molecule has 0 radical (unpaired) electrons. The average molecular weight is 325 g/mol. The maximum atomic E-state index is 12.1. The van der Waals surface area contributed by atoms with Crippen LogP contribution in [0.25, 0.3) is 0 Å². The fourth-order valence-corrected chi connectivity index (χ4v) is 2.93. The van der Waals surface area contributed by atoms with Gasteiger partial charge in [-0.25, -0.2) is 19.2 Å². The lowest BCUT2D eigenvalue weighted by Gasteiger charge is -2.17. The molecule has 1 aromatic heterocycles. The molecule has 1 rings (SSSR count). The molecule has 0 unspecified atom stereocenters. The largest absolute Gasteiger partial charge is 0.395 e. The molecule has 0 fully saturated rings. The number of nitrogens with two attached hydrogens (primary N) is 1. The number of pyridine rings is 1. The van der Waals surface area contributed by atoms with Gasteiger partial charge in [0.1, 0.15) is 4.90 Å². The Balaban J connectivity index is 3.27. The molecule has 1 aromatic rings. The smallest absolute Gasteiger partial charge is 0.246 e. The highest BCUT2D eigenvalue weighted by atomic mass is 79.9. The zero-order valence-corrected chi connectivity index (χ0v) is 11.5. The average Bonchev–Trinajstić information content (AvgIpc) is 2.29. The third-order valence-electron chi connectivity index (χ3n) is 2.06. The minimum absolute atomic E-state index is 0.00113. The number of hydrogen-bond acceptors (Lipinski definition) is 6. The normalized spacial score (nSPS) is 11.8. The van der Waals surface area contributed by atoms with E-state index in [9.17, 15) is 8.42 Å². The maximum Gasteiger partial charge on any atom is 0.246 e. The quantitative estimate of drug-likeness (QED) is 0.508. The van der Waals surface area contributed by atoms with E-state index >= 15 is 0 Å². The Hall–Kier alpha value is -0.740. The van der Waals surface area contributed by atoms with Crippen molar-refractivity contribution in [2.24, 2.45) is 5.84 Å². The Bertz CT molecular complexity index is 494. The van der Waals surface area contributed by atoms with E-state index in [0.29, 0.717) is 4.47 Å². The van der Waals surface area contributed by atoms with Crippen LogP contribution in [-0.4, -0.2) is 43.0 Å². The fraction of sp³-hybridized carbons (Fsp3) is 0.375. The summed E-state index contributed by atoms with van der Waals surface area (Å²) in [4.78, 5) is 3.80. The predicted molar refractivity (Wildman–Crippen MR) is 66.6 cm³/mol. The molecule has 0 saturated carbocycles. The van der Waals surface area contributed by atoms with Gasteiger partial charge in [-0.15, -0.1) is 0 Å². The van der Waals surface area contributed by atoms with Crippen LogP contribution in [0.3, 0.4) is 0 Å². The van der Waals surface area contributed by atoms with Gasteiger partial charge in [0.25, 0.3) is 0 Å². The molecule has 0 saturated heterocycles. The molecular formula is C8H13BrN4O3S. The van der Waals surface area contributed by atoms with Gasteiger partial charge < -0.3 is 10.5 Å². The summed E-state index contributed by atoms with van der Waals surface area (Å²) in [7, 11) is -2.36. The number of aromatic nitrogens is 1. The van der Waals surface area contributed by atoms with Gasteiger partial charge in [-0.3, -0.25) is 0 Å². The molecule has 0 aliphatic rings. The van der Waals surface area contributed by atoms with Crippen LogP contribution in [-0.2, 0) is 10.0 Å². The highest BCUT2D eigenvalue weighted by Gasteiger charge is 2.24. The summed E-state index contributed by atoms with van der Waals surface area (Å²) in [6.07, 6.45) is 1.43. The second-order valence-corrected chi connectivity index (χ2v) is 6.12. The van der Waals surface area contributed by atoms with Crippen LogP contribution in [0.2, 0.25) is 0 Å². The number of aliphatic hydroxyl groups excluding tert-OH is 1. The summed E-state index contributed by atoms with van der Waals surface area (Å²) >= 11 is 3.14. The van der Waals surface area contributed by atoms with Crippen molar-refractivity contribution in [3.8, 4) is 0 Å². The summed E-state index contributed by atoms with van der Waals surface area (Å²) in [5.41, 5.74) is 2.23. The Labute approximate surface area is 108 Å². The topological polar surface area (TPSA) is 109 Å². The molecule has 96 valence electrons. The van der Waals surface area contributed by atoms with Crippen molar-refractivity contribution in [3.63, 3.8) is 0 Å². The first-order chi connectivity index (χ1) is 7.93. The fourth-order valence-electron chi connectivity index (χ4n) is 1.15. The van der Waals surface area contributed by atoms with Gasteiger partial charge in [-0.05, 0) is 22.0 Å². The number of hydrogen-bond donors (Lipinski definition) is 3. The van der Waals surface area contributed by atoms with Gasteiger partial charge in [0.15, 0.2) is 5.82 Å². The number of sulfonamides is 1. The van der Waals surface area contributed by atoms with Crippen molar-refractivity contribution in [2.45, 2.75) is 4.90 Å². The highest BCUT2D eigenvalue weighted by Crippen LogP contribution is 2.24. The van der Waals surface area contributed by atoms with E-state index < -0.39 is 10.0 Å². The molecule has 0 amide bonds. The molecule has 0 aliphatic carbocycles. The van der Waals surface area contributed by atoms with E-state index in [2.05, 4.69) is 26.3 Å². The van der Waals surface area contributed by atoms with Gasteiger partial charge in [0.05, 0.1) is 6.61 Å². The van der Waals surface area contributed by atoms with Crippen LogP contribution in [0.1, 0.15) is 0 Å². The number of likely N-dealkylation sites (N-methyl/N-ethyl adjacent to an activating group) is 1. The summed E-state index contributed by atoms with van der Waals surface area (Å²) in [5, 5.41) is 8.76. The van der Waals surface area contributed by atoms with Crippen molar-refractivity contribution in [1.82, 2.24) is 9.29 Å². The Morgan fingerprint density at radius 2 is 2.29 bits per heavy atom. The minimum Gasteiger partial charge on any atom is -0.395 e. The van der Waals surface area contributed by atoms with Gasteiger partial charge >= 0.3 is 0 Å². The van der Waals surface area contributed by atoms with Crippen LogP contribution in [0.4, 0.5) is 5.82 Å².